The lowest BCUT2D eigenvalue weighted by Crippen LogP contribution is -2.20. The van der Waals surface area contributed by atoms with Gasteiger partial charge >= 0.3 is 0 Å². The Hall–Kier alpha value is -1.14. The number of nitrogens with one attached hydrogen (secondary N) is 1. The van der Waals surface area contributed by atoms with Crippen LogP contribution >= 0.6 is 0 Å². The molecule has 19 heavy (non-hydrogen) atoms. The van der Waals surface area contributed by atoms with Crippen molar-refractivity contribution in [2.75, 3.05) is 5.32 Å². The summed E-state index contributed by atoms with van der Waals surface area (Å²) in [5, 5.41) is 8.10. The van der Waals surface area contributed by atoms with Crippen LogP contribution in [0.25, 0.3) is 0 Å². The molecule has 1 unspecified atom stereocenters. The Morgan fingerprint density at radius 1 is 1.47 bits per heavy atom. The highest BCUT2D eigenvalue weighted by atomic mass is 32.2. The third-order valence-electron chi connectivity index (χ3n) is 3.44. The fourth-order valence-electron chi connectivity index (χ4n) is 2.09. The van der Waals surface area contributed by atoms with E-state index in [2.05, 4.69) is 12.2 Å². The second kappa shape index (κ2) is 5.46. The number of sulfonamides is 1. The van der Waals surface area contributed by atoms with Gasteiger partial charge in [-0.05, 0) is 37.0 Å². The van der Waals surface area contributed by atoms with Crippen molar-refractivity contribution in [3.8, 4) is 0 Å². The molecule has 1 atom stereocenters. The van der Waals surface area contributed by atoms with Gasteiger partial charge in [-0.2, -0.15) is 0 Å². The molecule has 0 spiro atoms. The molecule has 0 aromatic heterocycles. The van der Waals surface area contributed by atoms with Gasteiger partial charge in [-0.25, -0.2) is 17.9 Å². The first kappa shape index (κ1) is 14.3. The zero-order valence-corrected chi connectivity index (χ0v) is 11.7. The monoisotopic (exact) mass is 286 g/mol. The lowest BCUT2D eigenvalue weighted by atomic mass is 10.1. The van der Waals surface area contributed by atoms with Gasteiger partial charge < -0.3 is 5.32 Å². The zero-order valence-electron chi connectivity index (χ0n) is 10.9. The molecular weight excluding hydrogens is 267 g/mol. The Kier molecular flexibility index (Phi) is 4.10. The van der Waals surface area contributed by atoms with Crippen molar-refractivity contribution in [3.63, 3.8) is 0 Å². The summed E-state index contributed by atoms with van der Waals surface area (Å²) in [6.07, 6.45) is 4.45. The van der Waals surface area contributed by atoms with Gasteiger partial charge in [0.15, 0.2) is 0 Å². The number of hydrogen-bond acceptors (Lipinski definition) is 3. The summed E-state index contributed by atoms with van der Waals surface area (Å²) >= 11 is 0. The first-order valence-corrected chi connectivity index (χ1v) is 8.03. The average Bonchev–Trinajstić information content (AvgIpc) is 3.13. The van der Waals surface area contributed by atoms with Crippen molar-refractivity contribution in [1.82, 2.24) is 0 Å². The van der Waals surface area contributed by atoms with Gasteiger partial charge in [-0.3, -0.25) is 0 Å². The summed E-state index contributed by atoms with van der Waals surface area (Å²) in [6, 6.07) is 3.94. The minimum Gasteiger partial charge on any atom is -0.380 e. The molecule has 1 aromatic carbocycles. The minimum atomic E-state index is -3.85. The predicted octanol–water partition coefficient (Wildman–Crippen LogP) is 2.46. The molecule has 2 rings (SSSR count). The van der Waals surface area contributed by atoms with E-state index in [1.807, 2.05) is 0 Å². The molecule has 1 aliphatic rings. The summed E-state index contributed by atoms with van der Waals surface area (Å²) in [5.41, 5.74) is 0.333. The van der Waals surface area contributed by atoms with E-state index in [9.17, 15) is 12.8 Å². The van der Waals surface area contributed by atoms with Gasteiger partial charge in [0.1, 0.15) is 5.82 Å². The van der Waals surface area contributed by atoms with Crippen LogP contribution in [0.2, 0.25) is 0 Å². The van der Waals surface area contributed by atoms with Crippen LogP contribution in [-0.4, -0.2) is 14.5 Å². The van der Waals surface area contributed by atoms with Crippen LogP contribution in [-0.2, 0) is 10.0 Å². The maximum atomic E-state index is 13.8. The van der Waals surface area contributed by atoms with Crippen LogP contribution in [0.5, 0.6) is 0 Å². The number of nitrogens with two attached hydrogens (primary N) is 1. The van der Waals surface area contributed by atoms with Gasteiger partial charge in [-0.15, -0.1) is 0 Å². The summed E-state index contributed by atoms with van der Waals surface area (Å²) in [5.74, 6) is 0.171. The molecule has 106 valence electrons. The molecule has 3 N–H and O–H groups in total. The minimum absolute atomic E-state index is 0.203. The van der Waals surface area contributed by atoms with Gasteiger partial charge in [-0.1, -0.05) is 19.8 Å². The van der Waals surface area contributed by atoms with Crippen molar-refractivity contribution in [2.24, 2.45) is 11.1 Å². The highest BCUT2D eigenvalue weighted by Crippen LogP contribution is 2.35. The first-order valence-electron chi connectivity index (χ1n) is 6.49. The predicted molar refractivity (Wildman–Crippen MR) is 72.8 cm³/mol. The van der Waals surface area contributed by atoms with Crippen LogP contribution < -0.4 is 10.5 Å². The Bertz CT molecular complexity index is 556. The third kappa shape index (κ3) is 3.91. The fourth-order valence-corrected chi connectivity index (χ4v) is 2.62. The summed E-state index contributed by atoms with van der Waals surface area (Å²) in [6.45, 7) is 2.05. The highest BCUT2D eigenvalue weighted by Gasteiger charge is 2.25. The van der Waals surface area contributed by atoms with Crippen molar-refractivity contribution >= 4 is 15.7 Å². The summed E-state index contributed by atoms with van der Waals surface area (Å²) in [7, 11) is -3.85. The molecule has 0 bridgehead atoms. The van der Waals surface area contributed by atoms with Gasteiger partial charge in [0.25, 0.3) is 0 Å². The Morgan fingerprint density at radius 2 is 2.16 bits per heavy atom. The quantitative estimate of drug-likeness (QED) is 0.843. The van der Waals surface area contributed by atoms with Crippen LogP contribution in [0.15, 0.2) is 23.1 Å². The largest absolute Gasteiger partial charge is 0.380 e. The third-order valence-corrected chi connectivity index (χ3v) is 4.35. The Balaban J connectivity index is 2.11. The lowest BCUT2D eigenvalue weighted by Gasteiger charge is -2.18. The molecule has 1 aromatic rings. The molecule has 6 heteroatoms. The summed E-state index contributed by atoms with van der Waals surface area (Å²) in [4.78, 5) is -0.203. The number of halogens is 1. The zero-order chi connectivity index (χ0) is 14.0. The van der Waals surface area contributed by atoms with Gasteiger partial charge in [0.05, 0.1) is 10.6 Å². The van der Waals surface area contributed by atoms with Crippen molar-refractivity contribution in [2.45, 2.75) is 43.5 Å². The first-order chi connectivity index (χ1) is 8.90. The molecule has 1 fully saturated rings. The standard InChI is InChI=1S/C13H19FN2O2S/c1-2-10(7-9-3-4-9)16-13-6-5-11(8-12(13)14)19(15,17)18/h5-6,8-10,16H,2-4,7H2,1H3,(H2,15,17,18). The van der Waals surface area contributed by atoms with Crippen molar-refractivity contribution < 1.29 is 12.8 Å². The normalized spacial score (nSPS) is 17.2. The molecule has 0 aliphatic heterocycles. The van der Waals surface area contributed by atoms with Crippen LogP contribution in [0.4, 0.5) is 10.1 Å². The Labute approximate surface area is 113 Å². The van der Waals surface area contributed by atoms with Crippen LogP contribution in [0.1, 0.15) is 32.6 Å². The second-order valence-electron chi connectivity index (χ2n) is 5.12. The van der Waals surface area contributed by atoms with Gasteiger partial charge in [0.2, 0.25) is 10.0 Å². The fraction of sp³-hybridized carbons (Fsp3) is 0.538. The van der Waals surface area contributed by atoms with Crippen molar-refractivity contribution in [3.05, 3.63) is 24.0 Å². The number of rotatable bonds is 6. The molecule has 0 heterocycles. The van der Waals surface area contributed by atoms with Crippen LogP contribution in [0, 0.1) is 11.7 Å². The Morgan fingerprint density at radius 3 is 2.63 bits per heavy atom. The van der Waals surface area contributed by atoms with E-state index < -0.39 is 15.8 Å². The number of anilines is 1. The van der Waals surface area contributed by atoms with E-state index >= 15 is 0 Å². The van der Waals surface area contributed by atoms with E-state index in [0.717, 1.165) is 24.8 Å². The van der Waals surface area contributed by atoms with E-state index in [-0.39, 0.29) is 10.9 Å². The molecule has 1 aliphatic carbocycles. The topological polar surface area (TPSA) is 72.2 Å². The maximum absolute atomic E-state index is 13.8. The average molecular weight is 286 g/mol. The molecule has 0 saturated heterocycles. The van der Waals surface area contributed by atoms with E-state index in [1.165, 1.54) is 25.0 Å². The molecule has 1 saturated carbocycles. The molecule has 4 nitrogen and oxygen atoms in total. The number of hydrogen-bond donors (Lipinski definition) is 2. The lowest BCUT2D eigenvalue weighted by molar-refractivity contribution is 0.572. The smallest absolute Gasteiger partial charge is 0.238 e. The maximum Gasteiger partial charge on any atom is 0.238 e. The number of primary sulfonamides is 1. The second-order valence-corrected chi connectivity index (χ2v) is 6.68. The highest BCUT2D eigenvalue weighted by molar-refractivity contribution is 7.89. The van der Waals surface area contributed by atoms with E-state index in [1.54, 1.807) is 0 Å². The molecular formula is C13H19FN2O2S. The van der Waals surface area contributed by atoms with E-state index in [4.69, 9.17) is 5.14 Å². The summed E-state index contributed by atoms with van der Waals surface area (Å²) < 4.78 is 36.1. The van der Waals surface area contributed by atoms with Crippen molar-refractivity contribution in [1.29, 1.82) is 0 Å². The van der Waals surface area contributed by atoms with E-state index in [0.29, 0.717) is 5.69 Å². The van der Waals surface area contributed by atoms with Crippen LogP contribution in [0.3, 0.4) is 0 Å². The number of benzene rings is 1. The van der Waals surface area contributed by atoms with Gasteiger partial charge in [0, 0.05) is 6.04 Å². The molecule has 0 amide bonds. The molecule has 0 radical (unpaired) electrons. The SMILES string of the molecule is CCC(CC1CC1)Nc1ccc(S(N)(=O)=O)cc1F.